The number of benzene rings is 2. The maximum atomic E-state index is 11.6. The summed E-state index contributed by atoms with van der Waals surface area (Å²) in [6.07, 6.45) is 2.40. The summed E-state index contributed by atoms with van der Waals surface area (Å²) >= 11 is 0. The van der Waals surface area contributed by atoms with E-state index in [9.17, 15) is 4.79 Å². The highest BCUT2D eigenvalue weighted by Gasteiger charge is 2.22. The Morgan fingerprint density at radius 3 is 2.92 bits per heavy atom. The van der Waals surface area contributed by atoms with Gasteiger partial charge in [0.15, 0.2) is 0 Å². The van der Waals surface area contributed by atoms with Gasteiger partial charge < -0.3 is 16.0 Å². The molecule has 0 spiro atoms. The minimum absolute atomic E-state index is 0.0757. The lowest BCUT2D eigenvalue weighted by molar-refractivity contribution is -0.116. The van der Waals surface area contributed by atoms with Crippen molar-refractivity contribution < 1.29 is 4.79 Å². The van der Waals surface area contributed by atoms with Crippen molar-refractivity contribution in [1.29, 1.82) is 0 Å². The van der Waals surface area contributed by atoms with Crippen LogP contribution in [-0.2, 0) is 11.2 Å². The first kappa shape index (κ1) is 14.4. The molecule has 2 heterocycles. The Morgan fingerprint density at radius 2 is 2.08 bits per heavy atom. The van der Waals surface area contributed by atoms with Gasteiger partial charge in [0.2, 0.25) is 5.91 Å². The van der Waals surface area contributed by atoms with Gasteiger partial charge in [-0.05, 0) is 48.4 Å². The summed E-state index contributed by atoms with van der Waals surface area (Å²) in [6.45, 7) is 2.33. The largest absolute Gasteiger partial charge is 0.399 e. The van der Waals surface area contributed by atoms with Crippen LogP contribution in [0.15, 0.2) is 42.7 Å². The predicted octanol–water partition coefficient (Wildman–Crippen LogP) is 2.86. The summed E-state index contributed by atoms with van der Waals surface area (Å²) in [5.74, 6) is 0.792. The number of nitrogens with zero attached hydrogens (tertiary/aromatic N) is 3. The second-order valence-corrected chi connectivity index (χ2v) is 5.89. The molecule has 0 radical (unpaired) electrons. The Labute approximate surface area is 139 Å². The molecule has 6 nitrogen and oxygen atoms in total. The fraction of sp³-hybridized carbons (Fsp3) is 0.167. The number of hydrogen-bond acceptors (Lipinski definition) is 5. The minimum atomic E-state index is 0.0757. The number of amides is 1. The SMILES string of the molecule is CC(=O)N1CCc2cc(Nc3ncnc4ccc(N)cc34)ccc21. The van der Waals surface area contributed by atoms with Crippen LogP contribution < -0.4 is 16.0 Å². The van der Waals surface area contributed by atoms with Gasteiger partial charge in [0, 0.05) is 35.9 Å². The zero-order chi connectivity index (χ0) is 16.7. The van der Waals surface area contributed by atoms with E-state index in [-0.39, 0.29) is 5.91 Å². The van der Waals surface area contributed by atoms with Gasteiger partial charge in [0.1, 0.15) is 12.1 Å². The number of aromatic nitrogens is 2. The van der Waals surface area contributed by atoms with Crippen LogP contribution in [0.4, 0.5) is 22.9 Å². The third-order valence-corrected chi connectivity index (χ3v) is 4.28. The van der Waals surface area contributed by atoms with Gasteiger partial charge in [-0.2, -0.15) is 0 Å². The lowest BCUT2D eigenvalue weighted by Gasteiger charge is -2.15. The van der Waals surface area contributed by atoms with Crippen LogP contribution in [0.25, 0.3) is 10.9 Å². The number of carbonyl (C=O) groups excluding carboxylic acids is 1. The number of nitrogen functional groups attached to an aromatic ring is 1. The standard InChI is InChI=1S/C18H17N5O/c1-11(24)23-7-6-12-8-14(3-5-17(12)23)22-18-15-9-13(19)2-4-16(15)20-10-21-18/h2-5,8-10H,6-7,19H2,1H3,(H,20,21,22). The number of fused-ring (bicyclic) bond motifs is 2. The molecule has 0 aliphatic carbocycles. The molecule has 1 amide bonds. The molecular weight excluding hydrogens is 302 g/mol. The zero-order valence-electron chi connectivity index (χ0n) is 13.3. The van der Waals surface area contributed by atoms with E-state index in [2.05, 4.69) is 21.4 Å². The van der Waals surface area contributed by atoms with Crippen molar-refractivity contribution in [3.05, 3.63) is 48.3 Å². The summed E-state index contributed by atoms with van der Waals surface area (Å²) in [5.41, 5.74) is 10.5. The van der Waals surface area contributed by atoms with Gasteiger partial charge in [0.25, 0.3) is 0 Å². The molecule has 0 saturated heterocycles. The summed E-state index contributed by atoms with van der Waals surface area (Å²) in [7, 11) is 0. The first-order valence-corrected chi connectivity index (χ1v) is 7.80. The quantitative estimate of drug-likeness (QED) is 0.710. The molecule has 120 valence electrons. The van der Waals surface area contributed by atoms with Crippen LogP contribution in [0.1, 0.15) is 12.5 Å². The van der Waals surface area contributed by atoms with E-state index in [4.69, 9.17) is 5.73 Å². The Hall–Kier alpha value is -3.15. The molecule has 0 atom stereocenters. The molecule has 1 aromatic heterocycles. The molecule has 6 heteroatoms. The summed E-state index contributed by atoms with van der Waals surface area (Å²) < 4.78 is 0. The van der Waals surface area contributed by atoms with Crippen molar-refractivity contribution in [3.8, 4) is 0 Å². The number of rotatable bonds is 2. The molecule has 1 aliphatic heterocycles. The van der Waals surface area contributed by atoms with Gasteiger partial charge >= 0.3 is 0 Å². The molecular formula is C18H17N5O. The first-order chi connectivity index (χ1) is 11.6. The van der Waals surface area contributed by atoms with Crippen molar-refractivity contribution in [1.82, 2.24) is 9.97 Å². The normalized spacial score (nSPS) is 13.1. The maximum absolute atomic E-state index is 11.6. The van der Waals surface area contributed by atoms with Crippen molar-refractivity contribution in [2.45, 2.75) is 13.3 Å². The number of nitrogens with two attached hydrogens (primary N) is 1. The van der Waals surface area contributed by atoms with Crippen molar-refractivity contribution >= 4 is 39.7 Å². The highest BCUT2D eigenvalue weighted by Crippen LogP contribution is 2.32. The van der Waals surface area contributed by atoms with E-state index >= 15 is 0 Å². The van der Waals surface area contributed by atoms with Crippen LogP contribution in [0, 0.1) is 0 Å². The van der Waals surface area contributed by atoms with Crippen molar-refractivity contribution in [2.75, 3.05) is 22.5 Å². The molecule has 1 aliphatic rings. The van der Waals surface area contributed by atoms with Gasteiger partial charge in [0.05, 0.1) is 5.52 Å². The summed E-state index contributed by atoms with van der Waals surface area (Å²) in [5, 5.41) is 4.22. The van der Waals surface area contributed by atoms with Gasteiger partial charge in [-0.25, -0.2) is 9.97 Å². The Morgan fingerprint density at radius 1 is 1.21 bits per heavy atom. The first-order valence-electron chi connectivity index (χ1n) is 7.80. The second kappa shape index (κ2) is 5.49. The highest BCUT2D eigenvalue weighted by atomic mass is 16.2. The molecule has 0 unspecified atom stereocenters. The van der Waals surface area contributed by atoms with E-state index in [0.717, 1.165) is 40.8 Å². The average Bonchev–Trinajstić information content (AvgIpc) is 2.99. The van der Waals surface area contributed by atoms with Gasteiger partial charge in [-0.15, -0.1) is 0 Å². The molecule has 2 aromatic carbocycles. The van der Waals surface area contributed by atoms with Crippen LogP contribution in [0.5, 0.6) is 0 Å². The van der Waals surface area contributed by atoms with Crippen LogP contribution in [0.3, 0.4) is 0 Å². The van der Waals surface area contributed by atoms with E-state index in [1.165, 1.54) is 6.33 Å². The summed E-state index contributed by atoms with van der Waals surface area (Å²) in [4.78, 5) is 22.0. The van der Waals surface area contributed by atoms with Crippen molar-refractivity contribution in [2.24, 2.45) is 0 Å². The molecule has 0 saturated carbocycles. The number of carbonyl (C=O) groups is 1. The topological polar surface area (TPSA) is 84.1 Å². The van der Waals surface area contributed by atoms with Gasteiger partial charge in [-0.3, -0.25) is 4.79 Å². The Bertz CT molecular complexity index is 953. The maximum Gasteiger partial charge on any atom is 0.223 e. The van der Waals surface area contributed by atoms with Crippen molar-refractivity contribution in [3.63, 3.8) is 0 Å². The zero-order valence-corrected chi connectivity index (χ0v) is 13.3. The Kier molecular flexibility index (Phi) is 3.30. The molecule has 4 rings (SSSR count). The predicted molar refractivity (Wildman–Crippen MR) is 95.4 cm³/mol. The number of nitrogens with one attached hydrogen (secondary N) is 1. The summed E-state index contributed by atoms with van der Waals surface area (Å²) in [6, 6.07) is 11.6. The number of anilines is 4. The molecule has 0 bridgehead atoms. The van der Waals surface area contributed by atoms with Gasteiger partial charge in [-0.1, -0.05) is 0 Å². The molecule has 3 aromatic rings. The van der Waals surface area contributed by atoms with E-state index in [1.54, 1.807) is 11.8 Å². The van der Waals surface area contributed by atoms with Crippen LogP contribution in [0.2, 0.25) is 0 Å². The second-order valence-electron chi connectivity index (χ2n) is 5.89. The van der Waals surface area contributed by atoms with Crippen LogP contribution >= 0.6 is 0 Å². The minimum Gasteiger partial charge on any atom is -0.399 e. The molecule has 0 fully saturated rings. The lowest BCUT2D eigenvalue weighted by Crippen LogP contribution is -2.25. The highest BCUT2D eigenvalue weighted by molar-refractivity contribution is 5.95. The third-order valence-electron chi connectivity index (χ3n) is 4.28. The fourth-order valence-electron chi connectivity index (χ4n) is 3.12. The fourth-order valence-corrected chi connectivity index (χ4v) is 3.12. The third kappa shape index (κ3) is 2.42. The smallest absolute Gasteiger partial charge is 0.223 e. The Balaban J connectivity index is 1.70. The van der Waals surface area contributed by atoms with Crippen LogP contribution in [-0.4, -0.2) is 22.4 Å². The van der Waals surface area contributed by atoms with E-state index in [1.807, 2.05) is 30.3 Å². The van der Waals surface area contributed by atoms with E-state index in [0.29, 0.717) is 11.5 Å². The van der Waals surface area contributed by atoms with E-state index < -0.39 is 0 Å². The number of hydrogen-bond donors (Lipinski definition) is 2. The average molecular weight is 319 g/mol. The monoisotopic (exact) mass is 319 g/mol. The molecule has 3 N–H and O–H groups in total. The molecule has 24 heavy (non-hydrogen) atoms. The lowest BCUT2D eigenvalue weighted by atomic mass is 10.1.